The summed E-state index contributed by atoms with van der Waals surface area (Å²) in [6.45, 7) is -1.09. The zero-order valence-corrected chi connectivity index (χ0v) is 11.7. The van der Waals surface area contributed by atoms with Crippen LogP contribution in [0.5, 0.6) is 0 Å². The molecular weight excluding hydrogens is 265 g/mol. The summed E-state index contributed by atoms with van der Waals surface area (Å²) >= 11 is 6.15. The molecule has 4 heteroatoms. The largest absolute Gasteiger partial charge is 0.284 e. The summed E-state index contributed by atoms with van der Waals surface area (Å²) < 4.78 is 12.5. The fourth-order valence-corrected chi connectivity index (χ4v) is 3.89. The Bertz CT molecular complexity index is 544. The van der Waals surface area contributed by atoms with Gasteiger partial charge in [0.15, 0.2) is 0 Å². The Balaban J connectivity index is 2.17. The SMILES string of the molecule is C[C@@H](NP(=O)(Cl)c1ccccc1)c1ccccc1. The number of rotatable bonds is 4. The number of nitrogens with one attached hydrogen (secondary N) is 1. The van der Waals surface area contributed by atoms with Gasteiger partial charge in [-0.2, -0.15) is 0 Å². The van der Waals surface area contributed by atoms with Crippen LogP contribution in [0.25, 0.3) is 0 Å². The predicted molar refractivity (Wildman–Crippen MR) is 77.5 cm³/mol. The van der Waals surface area contributed by atoms with Gasteiger partial charge in [0.25, 0.3) is 6.65 Å². The van der Waals surface area contributed by atoms with E-state index in [1.165, 1.54) is 0 Å². The first-order valence-electron chi connectivity index (χ1n) is 5.77. The number of hydrogen-bond acceptors (Lipinski definition) is 1. The van der Waals surface area contributed by atoms with Crippen LogP contribution in [0.1, 0.15) is 18.5 Å². The predicted octanol–water partition coefficient (Wildman–Crippen LogP) is 4.09. The highest BCUT2D eigenvalue weighted by molar-refractivity contribution is 7.93. The van der Waals surface area contributed by atoms with E-state index in [1.807, 2.05) is 55.5 Å². The van der Waals surface area contributed by atoms with E-state index in [2.05, 4.69) is 5.09 Å². The Morgan fingerprint density at radius 3 is 2.06 bits per heavy atom. The minimum atomic E-state index is -3.04. The van der Waals surface area contributed by atoms with Gasteiger partial charge in [-0.3, -0.25) is 4.57 Å². The first kappa shape index (κ1) is 13.4. The van der Waals surface area contributed by atoms with Crippen molar-refractivity contribution in [2.75, 3.05) is 0 Å². The maximum Gasteiger partial charge on any atom is 0.261 e. The van der Waals surface area contributed by atoms with Crippen molar-refractivity contribution in [1.29, 1.82) is 0 Å². The van der Waals surface area contributed by atoms with Gasteiger partial charge in [0.05, 0.1) is 0 Å². The van der Waals surface area contributed by atoms with E-state index in [0.717, 1.165) is 5.56 Å². The molecule has 0 fully saturated rings. The first-order valence-corrected chi connectivity index (χ1v) is 8.39. The van der Waals surface area contributed by atoms with Crippen LogP contribution in [0, 0.1) is 0 Å². The first-order chi connectivity index (χ1) is 8.59. The molecule has 2 aromatic carbocycles. The summed E-state index contributed by atoms with van der Waals surface area (Å²) in [6, 6.07) is 18.9. The Kier molecular flexibility index (Phi) is 4.23. The van der Waals surface area contributed by atoms with Crippen molar-refractivity contribution in [3.05, 3.63) is 66.2 Å². The minimum Gasteiger partial charge on any atom is -0.284 e. The van der Waals surface area contributed by atoms with Gasteiger partial charge >= 0.3 is 0 Å². The fraction of sp³-hybridized carbons (Fsp3) is 0.143. The average molecular weight is 280 g/mol. The molecule has 0 heterocycles. The summed E-state index contributed by atoms with van der Waals surface area (Å²) in [5, 5.41) is 3.64. The Hall–Kier alpha value is -1.08. The average Bonchev–Trinajstić information content (AvgIpc) is 2.40. The van der Waals surface area contributed by atoms with Crippen molar-refractivity contribution >= 4 is 23.2 Å². The van der Waals surface area contributed by atoms with Crippen LogP contribution in [-0.2, 0) is 4.57 Å². The Labute approximate surface area is 112 Å². The molecule has 94 valence electrons. The molecule has 0 aliphatic heterocycles. The lowest BCUT2D eigenvalue weighted by molar-refractivity contribution is 0.572. The standard InChI is InChI=1S/C14H15ClNOP/c1-12(13-8-4-2-5-9-13)16-18(15,17)14-10-6-3-7-11-14/h2-12H,1H3,(H,16,17)/t12-,18?/m1/s1. The summed E-state index contributed by atoms with van der Waals surface area (Å²) in [6.07, 6.45) is 0. The quantitative estimate of drug-likeness (QED) is 0.854. The van der Waals surface area contributed by atoms with Crippen molar-refractivity contribution in [1.82, 2.24) is 5.09 Å². The normalized spacial score (nSPS) is 15.9. The fourth-order valence-electron chi connectivity index (χ4n) is 1.76. The second-order valence-corrected chi connectivity index (χ2v) is 7.40. The number of benzene rings is 2. The van der Waals surface area contributed by atoms with Gasteiger partial charge < -0.3 is 0 Å². The van der Waals surface area contributed by atoms with Crippen molar-refractivity contribution in [2.24, 2.45) is 0 Å². The molecule has 0 spiro atoms. The molecular formula is C14H15ClNOP. The topological polar surface area (TPSA) is 29.1 Å². The number of halogens is 1. The van der Waals surface area contributed by atoms with Crippen LogP contribution in [0.15, 0.2) is 60.7 Å². The van der Waals surface area contributed by atoms with E-state index in [4.69, 9.17) is 11.2 Å². The summed E-state index contributed by atoms with van der Waals surface area (Å²) in [5.74, 6) is 0. The van der Waals surface area contributed by atoms with Crippen molar-refractivity contribution in [2.45, 2.75) is 13.0 Å². The van der Waals surface area contributed by atoms with Gasteiger partial charge in [-0.05, 0) is 35.9 Å². The highest BCUT2D eigenvalue weighted by Gasteiger charge is 2.23. The second-order valence-electron chi connectivity index (χ2n) is 4.13. The monoisotopic (exact) mass is 279 g/mol. The van der Waals surface area contributed by atoms with Crippen LogP contribution < -0.4 is 10.4 Å². The van der Waals surface area contributed by atoms with Gasteiger partial charge in [0.2, 0.25) is 0 Å². The third kappa shape index (κ3) is 3.23. The third-order valence-corrected chi connectivity index (χ3v) is 5.31. The van der Waals surface area contributed by atoms with Crippen LogP contribution in [0.3, 0.4) is 0 Å². The lowest BCUT2D eigenvalue weighted by atomic mass is 10.1. The maximum atomic E-state index is 12.5. The van der Waals surface area contributed by atoms with Crippen molar-refractivity contribution in [3.63, 3.8) is 0 Å². The lowest BCUT2D eigenvalue weighted by Gasteiger charge is -2.19. The van der Waals surface area contributed by atoms with Crippen LogP contribution >= 0.6 is 17.9 Å². The van der Waals surface area contributed by atoms with E-state index >= 15 is 0 Å². The van der Waals surface area contributed by atoms with Gasteiger partial charge in [0.1, 0.15) is 0 Å². The van der Waals surface area contributed by atoms with E-state index in [9.17, 15) is 4.57 Å². The molecule has 0 aliphatic rings. The van der Waals surface area contributed by atoms with Crippen LogP contribution in [0.2, 0.25) is 0 Å². The van der Waals surface area contributed by atoms with Gasteiger partial charge in [-0.1, -0.05) is 48.5 Å². The van der Waals surface area contributed by atoms with E-state index in [1.54, 1.807) is 12.1 Å². The summed E-state index contributed by atoms with van der Waals surface area (Å²) in [5.41, 5.74) is 1.06. The van der Waals surface area contributed by atoms with Gasteiger partial charge in [-0.15, -0.1) is 0 Å². The molecule has 2 rings (SSSR count). The van der Waals surface area contributed by atoms with Gasteiger partial charge in [0, 0.05) is 11.3 Å². The molecule has 2 nitrogen and oxygen atoms in total. The second kappa shape index (κ2) is 5.71. The molecule has 1 N–H and O–H groups in total. The smallest absolute Gasteiger partial charge is 0.261 e. The molecule has 0 aliphatic carbocycles. The van der Waals surface area contributed by atoms with E-state index < -0.39 is 6.65 Å². The van der Waals surface area contributed by atoms with Crippen molar-refractivity contribution in [3.8, 4) is 0 Å². The van der Waals surface area contributed by atoms with Crippen LogP contribution in [-0.4, -0.2) is 0 Å². The minimum absolute atomic E-state index is 0.0604. The molecule has 0 amide bonds. The molecule has 0 saturated carbocycles. The third-order valence-electron chi connectivity index (χ3n) is 2.75. The Morgan fingerprint density at radius 2 is 1.50 bits per heavy atom. The molecule has 2 aromatic rings. The number of hydrogen-bond donors (Lipinski definition) is 1. The molecule has 2 atom stereocenters. The molecule has 0 saturated heterocycles. The summed E-state index contributed by atoms with van der Waals surface area (Å²) in [7, 11) is 0. The van der Waals surface area contributed by atoms with E-state index in [-0.39, 0.29) is 6.04 Å². The zero-order valence-electron chi connectivity index (χ0n) is 10.1. The maximum absolute atomic E-state index is 12.5. The van der Waals surface area contributed by atoms with Crippen LogP contribution in [0.4, 0.5) is 0 Å². The van der Waals surface area contributed by atoms with Gasteiger partial charge in [-0.25, -0.2) is 5.09 Å². The summed E-state index contributed by atoms with van der Waals surface area (Å²) in [4.78, 5) is 0. The lowest BCUT2D eigenvalue weighted by Crippen LogP contribution is -2.19. The zero-order chi connectivity index (χ0) is 13.0. The van der Waals surface area contributed by atoms with E-state index in [0.29, 0.717) is 5.30 Å². The highest BCUT2D eigenvalue weighted by atomic mass is 35.7. The molecule has 0 bridgehead atoms. The highest BCUT2D eigenvalue weighted by Crippen LogP contribution is 2.47. The molecule has 1 unspecified atom stereocenters. The van der Waals surface area contributed by atoms with Crippen molar-refractivity contribution < 1.29 is 4.57 Å². The molecule has 0 radical (unpaired) electrons. The Morgan fingerprint density at radius 1 is 1.00 bits per heavy atom. The molecule has 18 heavy (non-hydrogen) atoms. The molecule has 0 aromatic heterocycles.